The van der Waals surface area contributed by atoms with Crippen LogP contribution < -0.4 is 10.6 Å². The van der Waals surface area contributed by atoms with E-state index in [-0.39, 0.29) is 5.91 Å². The van der Waals surface area contributed by atoms with E-state index < -0.39 is 0 Å². The first-order chi connectivity index (χ1) is 13.7. The summed E-state index contributed by atoms with van der Waals surface area (Å²) < 4.78 is 5.42. The molecule has 7 nitrogen and oxygen atoms in total. The zero-order chi connectivity index (χ0) is 19.3. The van der Waals surface area contributed by atoms with Crippen LogP contribution in [0.4, 0.5) is 0 Å². The molecule has 0 atom stereocenters. The van der Waals surface area contributed by atoms with Gasteiger partial charge in [0.1, 0.15) is 5.76 Å². The maximum absolute atomic E-state index is 12.7. The van der Waals surface area contributed by atoms with Crippen molar-refractivity contribution in [2.45, 2.75) is 32.6 Å². The minimum atomic E-state index is -0.139. The van der Waals surface area contributed by atoms with Crippen LogP contribution in [-0.4, -0.2) is 34.6 Å². The summed E-state index contributed by atoms with van der Waals surface area (Å²) in [6.07, 6.45) is 2.57. The van der Waals surface area contributed by atoms with Crippen molar-refractivity contribution in [1.29, 1.82) is 0 Å². The number of nitrogens with zero attached hydrogens (tertiary/aromatic N) is 2. The van der Waals surface area contributed by atoms with Gasteiger partial charge in [-0.25, -0.2) is 0 Å². The Bertz CT molecular complexity index is 932. The normalized spacial score (nSPS) is 13.5. The highest BCUT2D eigenvalue weighted by molar-refractivity contribution is 5.94. The van der Waals surface area contributed by atoms with Crippen LogP contribution in [0, 0.1) is 0 Å². The predicted molar refractivity (Wildman–Crippen MR) is 105 cm³/mol. The fourth-order valence-corrected chi connectivity index (χ4v) is 3.57. The first kappa shape index (κ1) is 18.5. The van der Waals surface area contributed by atoms with Gasteiger partial charge in [0.05, 0.1) is 12.8 Å². The molecule has 1 aromatic carbocycles. The molecule has 0 radical (unpaired) electrons. The number of benzene rings is 1. The highest BCUT2D eigenvalue weighted by Gasteiger charge is 2.21. The topological polar surface area (TPSA) is 86.2 Å². The van der Waals surface area contributed by atoms with E-state index in [0.717, 1.165) is 48.6 Å². The third-order valence-electron chi connectivity index (χ3n) is 5.03. The highest BCUT2D eigenvalue weighted by atomic mass is 16.3. The number of H-pyrrole nitrogens is 1. The number of aromatic amines is 1. The van der Waals surface area contributed by atoms with Crippen LogP contribution in [-0.2, 0) is 32.6 Å². The molecular weight excluding hydrogens is 354 g/mol. The molecule has 0 aliphatic carbocycles. The lowest BCUT2D eigenvalue weighted by Gasteiger charge is -2.18. The molecule has 146 valence electrons. The summed E-state index contributed by atoms with van der Waals surface area (Å²) in [6, 6.07) is 12.0. The highest BCUT2D eigenvalue weighted by Crippen LogP contribution is 2.16. The fraction of sp³-hybridized carbons (Fsp3) is 0.333. The third kappa shape index (κ3) is 4.16. The number of hydrogen-bond acceptors (Lipinski definition) is 5. The number of carbonyl (C=O) groups excluding carboxylic acids is 1. The van der Waals surface area contributed by atoms with Crippen molar-refractivity contribution in [2.24, 2.45) is 0 Å². The second-order valence-electron chi connectivity index (χ2n) is 7.16. The van der Waals surface area contributed by atoms with Gasteiger partial charge in [0, 0.05) is 43.9 Å². The van der Waals surface area contributed by atoms with Crippen molar-refractivity contribution < 1.29 is 9.21 Å². The average molecular weight is 379 g/mol. The Morgan fingerprint density at radius 2 is 2.07 bits per heavy atom. The first-order valence-corrected chi connectivity index (χ1v) is 9.53. The van der Waals surface area contributed by atoms with Gasteiger partial charge in [0.2, 0.25) is 0 Å². The van der Waals surface area contributed by atoms with E-state index in [4.69, 9.17) is 4.42 Å². The van der Waals surface area contributed by atoms with Crippen LogP contribution >= 0.6 is 0 Å². The Kier molecular flexibility index (Phi) is 5.55. The molecule has 0 saturated carbocycles. The number of hydrogen-bond donors (Lipinski definition) is 3. The lowest BCUT2D eigenvalue weighted by atomic mass is 10.1. The molecule has 0 bridgehead atoms. The molecule has 7 heteroatoms. The van der Waals surface area contributed by atoms with E-state index in [9.17, 15) is 4.79 Å². The van der Waals surface area contributed by atoms with Crippen LogP contribution in [0.15, 0.2) is 47.1 Å². The Morgan fingerprint density at radius 1 is 1.21 bits per heavy atom. The van der Waals surface area contributed by atoms with E-state index in [1.54, 1.807) is 6.26 Å². The molecule has 3 heterocycles. The van der Waals surface area contributed by atoms with Crippen molar-refractivity contribution in [1.82, 2.24) is 25.7 Å². The molecular formula is C21H25N5O2. The summed E-state index contributed by atoms with van der Waals surface area (Å²) >= 11 is 0. The zero-order valence-corrected chi connectivity index (χ0v) is 16.0. The molecule has 0 unspecified atom stereocenters. The quantitative estimate of drug-likeness (QED) is 0.586. The minimum absolute atomic E-state index is 0.139. The molecule has 2 aromatic heterocycles. The van der Waals surface area contributed by atoms with Gasteiger partial charge in [-0.3, -0.25) is 14.8 Å². The summed E-state index contributed by atoms with van der Waals surface area (Å²) in [4.78, 5) is 14.8. The average Bonchev–Trinajstić information content (AvgIpc) is 3.36. The monoisotopic (exact) mass is 379 g/mol. The van der Waals surface area contributed by atoms with Gasteiger partial charge in [-0.2, -0.15) is 5.10 Å². The Labute approximate surface area is 164 Å². The van der Waals surface area contributed by atoms with Gasteiger partial charge in [0.15, 0.2) is 5.69 Å². The third-order valence-corrected chi connectivity index (χ3v) is 5.03. The van der Waals surface area contributed by atoms with Crippen LogP contribution in [0.1, 0.15) is 38.6 Å². The summed E-state index contributed by atoms with van der Waals surface area (Å²) in [6.45, 7) is 3.57. The summed E-state index contributed by atoms with van der Waals surface area (Å²) in [5.74, 6) is 0.796. The van der Waals surface area contributed by atoms with E-state index in [2.05, 4.69) is 44.9 Å². The Hall–Kier alpha value is -2.90. The number of carbonyl (C=O) groups is 1. The second kappa shape index (κ2) is 8.41. The Morgan fingerprint density at radius 3 is 2.89 bits per heavy atom. The van der Waals surface area contributed by atoms with Crippen molar-refractivity contribution in [3.05, 3.63) is 76.5 Å². The number of rotatable bonds is 7. The molecule has 3 N–H and O–H groups in total. The first-order valence-electron chi connectivity index (χ1n) is 9.53. The van der Waals surface area contributed by atoms with Crippen LogP contribution in [0.25, 0.3) is 0 Å². The maximum Gasteiger partial charge on any atom is 0.272 e. The van der Waals surface area contributed by atoms with Gasteiger partial charge in [-0.05, 0) is 30.3 Å². The number of nitrogens with one attached hydrogen (secondary N) is 3. The van der Waals surface area contributed by atoms with Gasteiger partial charge >= 0.3 is 0 Å². The summed E-state index contributed by atoms with van der Waals surface area (Å²) in [5, 5.41) is 13.5. The molecule has 0 fully saturated rings. The van der Waals surface area contributed by atoms with Crippen molar-refractivity contribution >= 4 is 5.91 Å². The number of furan rings is 1. The van der Waals surface area contributed by atoms with E-state index in [1.165, 1.54) is 5.56 Å². The molecule has 1 amide bonds. The van der Waals surface area contributed by atoms with Crippen LogP contribution in [0.3, 0.4) is 0 Å². The zero-order valence-electron chi connectivity index (χ0n) is 16.0. The fourth-order valence-electron chi connectivity index (χ4n) is 3.57. The smallest absolute Gasteiger partial charge is 0.272 e. The molecule has 0 saturated heterocycles. The van der Waals surface area contributed by atoms with E-state index in [1.807, 2.05) is 24.3 Å². The van der Waals surface area contributed by atoms with E-state index in [0.29, 0.717) is 18.8 Å². The van der Waals surface area contributed by atoms with E-state index >= 15 is 0 Å². The number of aromatic nitrogens is 2. The number of amides is 1. The molecule has 1 aliphatic heterocycles. The predicted octanol–water partition coefficient (Wildman–Crippen LogP) is 2.21. The largest absolute Gasteiger partial charge is 0.468 e. The molecule has 0 spiro atoms. The molecule has 1 aliphatic rings. The van der Waals surface area contributed by atoms with Crippen molar-refractivity contribution in [2.75, 3.05) is 13.6 Å². The maximum atomic E-state index is 12.7. The SMILES string of the molecule is CN(Cc1ccco1)Cc1ccccc1CNC(=O)c1n[nH]c2c1CNCC2. The van der Waals surface area contributed by atoms with Crippen molar-refractivity contribution in [3.63, 3.8) is 0 Å². The molecule has 28 heavy (non-hydrogen) atoms. The van der Waals surface area contributed by atoms with Crippen LogP contribution in [0.2, 0.25) is 0 Å². The summed E-state index contributed by atoms with van der Waals surface area (Å²) in [7, 11) is 2.06. The van der Waals surface area contributed by atoms with Gasteiger partial charge in [0.25, 0.3) is 5.91 Å². The van der Waals surface area contributed by atoms with Gasteiger partial charge < -0.3 is 15.1 Å². The lowest BCUT2D eigenvalue weighted by Crippen LogP contribution is -2.28. The summed E-state index contributed by atoms with van der Waals surface area (Å²) in [5.41, 5.74) is 4.82. The van der Waals surface area contributed by atoms with Crippen LogP contribution in [0.5, 0.6) is 0 Å². The molecule has 4 rings (SSSR count). The lowest BCUT2D eigenvalue weighted by molar-refractivity contribution is 0.0944. The van der Waals surface area contributed by atoms with Gasteiger partial charge in [-0.1, -0.05) is 24.3 Å². The Balaban J connectivity index is 1.40. The van der Waals surface area contributed by atoms with Gasteiger partial charge in [-0.15, -0.1) is 0 Å². The standard InChI is InChI=1S/C21H25N5O2/c1-26(14-17-7-4-10-28-17)13-16-6-3-2-5-15(16)11-23-21(27)20-18-12-22-9-8-19(18)24-25-20/h2-7,10,22H,8-9,11-14H2,1H3,(H,23,27)(H,24,25). The minimum Gasteiger partial charge on any atom is -0.468 e. The molecule has 3 aromatic rings. The number of fused-ring (bicyclic) bond motifs is 1. The second-order valence-corrected chi connectivity index (χ2v) is 7.16. The van der Waals surface area contributed by atoms with Crippen molar-refractivity contribution in [3.8, 4) is 0 Å².